The number of ether oxygens (including phenoxy) is 1. The lowest BCUT2D eigenvalue weighted by molar-refractivity contribution is -0.122. The van der Waals surface area contributed by atoms with E-state index < -0.39 is 9.84 Å². The zero-order chi connectivity index (χ0) is 21.8. The van der Waals surface area contributed by atoms with Crippen molar-refractivity contribution in [1.29, 1.82) is 0 Å². The van der Waals surface area contributed by atoms with Crippen LogP contribution in [0, 0.1) is 0 Å². The molecule has 0 unspecified atom stereocenters. The highest BCUT2D eigenvalue weighted by atomic mass is 32.2. The minimum atomic E-state index is -2.91. The second kappa shape index (κ2) is 9.52. The molecule has 0 atom stereocenters. The highest BCUT2D eigenvalue weighted by Crippen LogP contribution is 2.33. The molecule has 6 nitrogen and oxygen atoms in total. The van der Waals surface area contributed by atoms with Crippen LogP contribution in [-0.4, -0.2) is 66.1 Å². The maximum Gasteiger partial charge on any atom is 0.266 e. The molecule has 2 aliphatic heterocycles. The third-order valence-corrected chi connectivity index (χ3v) is 8.09. The largest absolute Gasteiger partial charge is 0.457 e. The number of hydrogen-bond donors (Lipinski definition) is 0. The van der Waals surface area contributed by atoms with E-state index in [1.807, 2.05) is 60.7 Å². The van der Waals surface area contributed by atoms with Crippen molar-refractivity contribution in [2.75, 3.05) is 37.7 Å². The van der Waals surface area contributed by atoms with Crippen LogP contribution in [0.1, 0.15) is 5.56 Å². The van der Waals surface area contributed by atoms with Gasteiger partial charge in [0, 0.05) is 26.2 Å². The standard InChI is InChI=1S/C22H22N2O4S3/c25-21-20(16-17-6-8-19(9-7-17)28-18-4-2-1-3-5-18)30-22(29)24(21)11-10-23-12-14-31(26,27)15-13-23/h1-9,16H,10-15H2/b20-16+. The summed E-state index contributed by atoms with van der Waals surface area (Å²) in [4.78, 5) is 17.1. The number of thioether (sulfide) groups is 1. The summed E-state index contributed by atoms with van der Waals surface area (Å²) in [5, 5.41) is 0. The van der Waals surface area contributed by atoms with Gasteiger partial charge in [-0.05, 0) is 35.9 Å². The van der Waals surface area contributed by atoms with Gasteiger partial charge in [-0.1, -0.05) is 54.3 Å². The van der Waals surface area contributed by atoms with Crippen LogP contribution < -0.4 is 4.74 Å². The van der Waals surface area contributed by atoms with Crippen molar-refractivity contribution in [2.45, 2.75) is 0 Å². The lowest BCUT2D eigenvalue weighted by Gasteiger charge is -2.28. The van der Waals surface area contributed by atoms with Gasteiger partial charge in [0.05, 0.1) is 16.4 Å². The Morgan fingerprint density at radius 2 is 1.61 bits per heavy atom. The van der Waals surface area contributed by atoms with Gasteiger partial charge in [-0.2, -0.15) is 0 Å². The fraction of sp³-hybridized carbons (Fsp3) is 0.273. The molecule has 0 bridgehead atoms. The van der Waals surface area contributed by atoms with Crippen LogP contribution in [0.25, 0.3) is 6.08 Å². The molecule has 0 saturated carbocycles. The second-order valence-electron chi connectivity index (χ2n) is 7.31. The zero-order valence-electron chi connectivity index (χ0n) is 16.8. The van der Waals surface area contributed by atoms with E-state index in [1.165, 1.54) is 11.8 Å². The van der Waals surface area contributed by atoms with Crippen molar-refractivity contribution in [3.63, 3.8) is 0 Å². The zero-order valence-corrected chi connectivity index (χ0v) is 19.2. The summed E-state index contributed by atoms with van der Waals surface area (Å²) >= 11 is 6.69. The number of sulfone groups is 1. The van der Waals surface area contributed by atoms with Crippen molar-refractivity contribution in [1.82, 2.24) is 9.80 Å². The number of carbonyl (C=O) groups excluding carboxylic acids is 1. The Morgan fingerprint density at radius 1 is 0.968 bits per heavy atom. The molecular formula is C22H22N2O4S3. The third kappa shape index (κ3) is 5.74. The quantitative estimate of drug-likeness (QED) is 0.470. The highest BCUT2D eigenvalue weighted by Gasteiger charge is 2.32. The first-order chi connectivity index (χ1) is 14.9. The maximum atomic E-state index is 12.8. The summed E-state index contributed by atoms with van der Waals surface area (Å²) in [5.41, 5.74) is 0.891. The SMILES string of the molecule is O=C1/C(=C\c2ccc(Oc3ccccc3)cc2)SC(=S)N1CCN1CCS(=O)(=O)CC1. The van der Waals surface area contributed by atoms with Crippen LogP contribution in [0.15, 0.2) is 59.5 Å². The van der Waals surface area contributed by atoms with E-state index in [0.29, 0.717) is 35.4 Å². The fourth-order valence-corrected chi connectivity index (χ4v) is 5.90. The van der Waals surface area contributed by atoms with E-state index in [4.69, 9.17) is 17.0 Å². The number of amides is 1. The first kappa shape index (κ1) is 22.0. The molecular weight excluding hydrogens is 452 g/mol. The van der Waals surface area contributed by atoms with Crippen LogP contribution in [0.5, 0.6) is 11.5 Å². The van der Waals surface area contributed by atoms with Crippen LogP contribution in [0.2, 0.25) is 0 Å². The first-order valence-electron chi connectivity index (χ1n) is 9.91. The summed E-state index contributed by atoms with van der Waals surface area (Å²) in [6, 6.07) is 17.1. The summed E-state index contributed by atoms with van der Waals surface area (Å²) in [7, 11) is -2.91. The van der Waals surface area contributed by atoms with E-state index in [-0.39, 0.29) is 17.4 Å². The molecule has 162 valence electrons. The predicted octanol–water partition coefficient (Wildman–Crippen LogP) is 3.41. The van der Waals surface area contributed by atoms with Crippen molar-refractivity contribution in [2.24, 2.45) is 0 Å². The van der Waals surface area contributed by atoms with Crippen LogP contribution in [-0.2, 0) is 14.6 Å². The molecule has 0 aromatic heterocycles. The Kier molecular flexibility index (Phi) is 6.76. The highest BCUT2D eigenvalue weighted by molar-refractivity contribution is 8.26. The van der Waals surface area contributed by atoms with Crippen molar-refractivity contribution >= 4 is 50.1 Å². The normalized spacial score (nSPS) is 20.4. The third-order valence-electron chi connectivity index (χ3n) is 5.11. The molecule has 2 heterocycles. The number of rotatable bonds is 6. The lowest BCUT2D eigenvalue weighted by atomic mass is 10.2. The predicted molar refractivity (Wildman–Crippen MR) is 128 cm³/mol. The average Bonchev–Trinajstić information content (AvgIpc) is 3.02. The van der Waals surface area contributed by atoms with E-state index >= 15 is 0 Å². The molecule has 2 fully saturated rings. The summed E-state index contributed by atoms with van der Waals surface area (Å²) in [6.07, 6.45) is 1.83. The monoisotopic (exact) mass is 474 g/mol. The van der Waals surface area contributed by atoms with Gasteiger partial charge in [0.2, 0.25) is 0 Å². The topological polar surface area (TPSA) is 66.9 Å². The van der Waals surface area contributed by atoms with Crippen LogP contribution in [0.3, 0.4) is 0 Å². The van der Waals surface area contributed by atoms with Gasteiger partial charge in [-0.15, -0.1) is 0 Å². The molecule has 1 amide bonds. The number of carbonyl (C=O) groups is 1. The van der Waals surface area contributed by atoms with Crippen LogP contribution in [0.4, 0.5) is 0 Å². The number of benzene rings is 2. The van der Waals surface area contributed by atoms with Crippen molar-refractivity contribution < 1.29 is 17.9 Å². The number of para-hydroxylation sites is 1. The molecule has 9 heteroatoms. The van der Waals surface area contributed by atoms with Gasteiger partial charge in [-0.3, -0.25) is 14.6 Å². The van der Waals surface area contributed by atoms with Gasteiger partial charge in [0.1, 0.15) is 15.8 Å². The van der Waals surface area contributed by atoms with Crippen molar-refractivity contribution in [3.8, 4) is 11.5 Å². The lowest BCUT2D eigenvalue weighted by Crippen LogP contribution is -2.44. The summed E-state index contributed by atoms with van der Waals surface area (Å²) in [5.74, 6) is 1.73. The first-order valence-corrected chi connectivity index (χ1v) is 13.0. The van der Waals surface area contributed by atoms with E-state index in [2.05, 4.69) is 4.90 Å². The van der Waals surface area contributed by atoms with Gasteiger partial charge in [0.25, 0.3) is 5.91 Å². The number of nitrogens with zero attached hydrogens (tertiary/aromatic N) is 2. The summed E-state index contributed by atoms with van der Waals surface area (Å²) in [6.45, 7) is 2.08. The molecule has 4 rings (SSSR count). The molecule has 31 heavy (non-hydrogen) atoms. The van der Waals surface area contributed by atoms with Gasteiger partial charge in [0.15, 0.2) is 9.84 Å². The maximum absolute atomic E-state index is 12.8. The van der Waals surface area contributed by atoms with Crippen molar-refractivity contribution in [3.05, 3.63) is 65.1 Å². The Hall–Kier alpha value is -2.20. The van der Waals surface area contributed by atoms with E-state index in [0.717, 1.165) is 17.1 Å². The smallest absolute Gasteiger partial charge is 0.266 e. The molecule has 2 aromatic rings. The minimum absolute atomic E-state index is 0.107. The number of hydrogen-bond acceptors (Lipinski definition) is 7. The van der Waals surface area contributed by atoms with E-state index in [1.54, 1.807) is 4.90 Å². The Balaban J connectivity index is 1.35. The molecule has 0 N–H and O–H groups in total. The molecule has 0 spiro atoms. The minimum Gasteiger partial charge on any atom is -0.457 e. The van der Waals surface area contributed by atoms with Gasteiger partial charge >= 0.3 is 0 Å². The number of thiocarbonyl (C=S) groups is 1. The average molecular weight is 475 g/mol. The summed E-state index contributed by atoms with van der Waals surface area (Å²) < 4.78 is 29.4. The molecule has 0 radical (unpaired) electrons. The Labute approximate surface area is 191 Å². The molecule has 2 aliphatic rings. The molecule has 0 aliphatic carbocycles. The van der Waals surface area contributed by atoms with E-state index in [9.17, 15) is 13.2 Å². The second-order valence-corrected chi connectivity index (χ2v) is 11.3. The Morgan fingerprint density at radius 3 is 2.29 bits per heavy atom. The molecule has 2 saturated heterocycles. The van der Waals surface area contributed by atoms with Crippen LogP contribution >= 0.6 is 24.0 Å². The van der Waals surface area contributed by atoms with Gasteiger partial charge in [-0.25, -0.2) is 8.42 Å². The Bertz CT molecular complexity index is 1090. The molecule has 2 aromatic carbocycles. The van der Waals surface area contributed by atoms with Gasteiger partial charge < -0.3 is 4.74 Å². The fourth-order valence-electron chi connectivity index (χ4n) is 3.32.